The number of aryl methyl sites for hydroxylation is 1. The van der Waals surface area contributed by atoms with E-state index in [1.54, 1.807) is 18.2 Å². The van der Waals surface area contributed by atoms with Crippen LogP contribution in [0.25, 0.3) is 11.1 Å². The number of amides is 4. The van der Waals surface area contributed by atoms with Crippen molar-refractivity contribution < 1.29 is 29.1 Å². The van der Waals surface area contributed by atoms with Gasteiger partial charge in [-0.3, -0.25) is 19.2 Å². The smallest absolute Gasteiger partial charge is 0.326 e. The number of carboxylic acid groups (broad SMARTS) is 1. The van der Waals surface area contributed by atoms with E-state index in [1.807, 2.05) is 28.0 Å². The quantitative estimate of drug-likeness (QED) is 0.153. The Hall–Kier alpha value is -5.21. The maximum Gasteiger partial charge on any atom is 0.326 e. The number of nitrogens with zero attached hydrogens (tertiary/aromatic N) is 6. The van der Waals surface area contributed by atoms with E-state index in [4.69, 9.17) is 4.98 Å². The van der Waals surface area contributed by atoms with Gasteiger partial charge in [-0.2, -0.15) is 0 Å². The maximum absolute atomic E-state index is 14.6. The van der Waals surface area contributed by atoms with E-state index in [0.29, 0.717) is 50.0 Å². The van der Waals surface area contributed by atoms with Crippen LogP contribution >= 0.6 is 0 Å². The molecule has 6 heterocycles. The van der Waals surface area contributed by atoms with Crippen molar-refractivity contribution in [2.75, 3.05) is 58.9 Å². The number of rotatable bonds is 16. The fraction of sp³-hybridized carbons (Fsp3) is 0.571. The fourth-order valence-corrected chi connectivity index (χ4v) is 10.5. The summed E-state index contributed by atoms with van der Waals surface area (Å²) in [6.45, 7) is 7.15. The number of likely N-dealkylation sites (tertiary alicyclic amines) is 4. The molecule has 4 saturated heterocycles. The molecule has 0 bridgehead atoms. The molecule has 4 amide bonds. The molecule has 0 unspecified atom stereocenters. The van der Waals surface area contributed by atoms with E-state index >= 15 is 0 Å². The highest BCUT2D eigenvalue weighted by Crippen LogP contribution is 2.30. The number of carboxylic acids is 1. The van der Waals surface area contributed by atoms with Crippen molar-refractivity contribution in [2.24, 2.45) is 5.92 Å². The highest BCUT2D eigenvalue weighted by Gasteiger charge is 2.36. The van der Waals surface area contributed by atoms with Crippen LogP contribution in [0, 0.1) is 5.92 Å². The Labute approximate surface area is 371 Å². The summed E-state index contributed by atoms with van der Waals surface area (Å²) in [5.41, 5.74) is 2.12. The molecule has 1 aliphatic carbocycles. The predicted molar refractivity (Wildman–Crippen MR) is 239 cm³/mol. The van der Waals surface area contributed by atoms with Crippen molar-refractivity contribution in [2.45, 2.75) is 114 Å². The van der Waals surface area contributed by atoms with Crippen LogP contribution in [0.4, 0.5) is 0 Å². The van der Waals surface area contributed by atoms with E-state index in [1.165, 1.54) is 11.6 Å². The van der Waals surface area contributed by atoms with Gasteiger partial charge < -0.3 is 35.3 Å². The summed E-state index contributed by atoms with van der Waals surface area (Å²) in [6, 6.07) is 15.4. The molecule has 14 nitrogen and oxygen atoms in total. The molecule has 0 radical (unpaired) electrons. The molecule has 4 aliphatic heterocycles. The topological polar surface area (TPSA) is 168 Å². The summed E-state index contributed by atoms with van der Waals surface area (Å²) in [5, 5.41) is 16.1. The largest absolute Gasteiger partial charge is 0.480 e. The number of benzene rings is 1. The van der Waals surface area contributed by atoms with Crippen molar-refractivity contribution in [1.29, 1.82) is 0 Å². The van der Waals surface area contributed by atoms with Crippen molar-refractivity contribution >= 4 is 29.6 Å². The number of pyridine rings is 2. The molecule has 14 heteroatoms. The lowest BCUT2D eigenvalue weighted by Crippen LogP contribution is -2.47. The molecular formula is C49H64N8O6. The molecule has 63 heavy (non-hydrogen) atoms. The van der Waals surface area contributed by atoms with Crippen molar-refractivity contribution in [3.63, 3.8) is 0 Å². The average molecular weight is 861 g/mol. The second-order valence-electron chi connectivity index (χ2n) is 18.4. The van der Waals surface area contributed by atoms with Crippen LogP contribution in [0.2, 0.25) is 0 Å². The number of carbonyl (C=O) groups excluding carboxylic acids is 4. The Balaban J connectivity index is 1.14. The number of hydrogen-bond donors (Lipinski definition) is 3. The van der Waals surface area contributed by atoms with E-state index in [2.05, 4.69) is 37.6 Å². The minimum absolute atomic E-state index is 0.00247. The number of hydrogen-bond acceptors (Lipinski definition) is 9. The van der Waals surface area contributed by atoms with Gasteiger partial charge in [-0.25, -0.2) is 14.8 Å². The van der Waals surface area contributed by atoms with Gasteiger partial charge >= 0.3 is 5.97 Å². The van der Waals surface area contributed by atoms with Gasteiger partial charge in [0.25, 0.3) is 23.6 Å². The van der Waals surface area contributed by atoms with Crippen LogP contribution in [0.15, 0.2) is 54.6 Å². The van der Waals surface area contributed by atoms with Gasteiger partial charge in [0.2, 0.25) is 0 Å². The zero-order valence-corrected chi connectivity index (χ0v) is 36.6. The molecule has 8 rings (SSSR count). The van der Waals surface area contributed by atoms with Crippen LogP contribution < -0.4 is 10.6 Å². The van der Waals surface area contributed by atoms with Crippen LogP contribution in [0.1, 0.15) is 137 Å². The first-order valence-corrected chi connectivity index (χ1v) is 23.7. The third-order valence-corrected chi connectivity index (χ3v) is 13.9. The van der Waals surface area contributed by atoms with E-state index in [-0.39, 0.29) is 52.6 Å². The Morgan fingerprint density at radius 1 is 0.603 bits per heavy atom. The molecule has 2 aromatic heterocycles. The second-order valence-corrected chi connectivity index (χ2v) is 18.4. The van der Waals surface area contributed by atoms with Crippen molar-refractivity contribution in [3.8, 4) is 11.1 Å². The summed E-state index contributed by atoms with van der Waals surface area (Å²) in [7, 11) is 0. The Kier molecular flexibility index (Phi) is 14.8. The van der Waals surface area contributed by atoms with E-state index in [9.17, 15) is 29.1 Å². The van der Waals surface area contributed by atoms with Crippen LogP contribution in [0.5, 0.6) is 0 Å². The van der Waals surface area contributed by atoms with E-state index in [0.717, 1.165) is 116 Å². The number of nitrogens with one attached hydrogen (secondary N) is 2. The minimum atomic E-state index is -1.11. The lowest BCUT2D eigenvalue weighted by molar-refractivity contribution is -0.141. The molecule has 3 aromatic rings. The third kappa shape index (κ3) is 11.1. The van der Waals surface area contributed by atoms with Gasteiger partial charge in [0.15, 0.2) is 0 Å². The molecule has 336 valence electrons. The second kappa shape index (κ2) is 21.0. The molecule has 3 N–H and O–H groups in total. The van der Waals surface area contributed by atoms with Crippen LogP contribution in [-0.2, 0) is 11.2 Å². The lowest BCUT2D eigenvalue weighted by atomic mass is 9.84. The van der Waals surface area contributed by atoms with Crippen LogP contribution in [-0.4, -0.2) is 141 Å². The molecule has 3 atom stereocenters. The standard InChI is InChI=1S/C49H64N8O6/c58-45(50-21-11-16-34-14-3-1-4-15-34)40-28-36(30-42(51-40)47(60)56-26-12-19-38(56)32-54-22-7-8-23-54)37-29-41(46(59)53-44(49(62)63)35-17-5-2-6-18-35)52-43(31-37)48(61)57-27-13-20-39(57)33-55-24-9-10-25-55/h1,3-4,14-15,28-31,35,38-39,44H,2,5-13,16-27,32-33H2,(H,50,58)(H,53,59)(H,62,63)/t38-,39-,44-/m0/s1. The van der Waals surface area contributed by atoms with Gasteiger partial charge in [-0.15, -0.1) is 0 Å². The molecule has 1 aromatic carbocycles. The summed E-state index contributed by atoms with van der Waals surface area (Å²) >= 11 is 0. The monoisotopic (exact) mass is 860 g/mol. The molecular weight excluding hydrogens is 797 g/mol. The van der Waals surface area contributed by atoms with E-state index < -0.39 is 23.8 Å². The number of aromatic nitrogens is 2. The third-order valence-electron chi connectivity index (χ3n) is 13.9. The Morgan fingerprint density at radius 2 is 1.11 bits per heavy atom. The van der Waals surface area contributed by atoms with Crippen molar-refractivity contribution in [1.82, 2.24) is 40.2 Å². The normalized spacial score (nSPS) is 21.5. The minimum Gasteiger partial charge on any atom is -0.480 e. The number of aliphatic carboxylic acids is 1. The zero-order valence-electron chi connectivity index (χ0n) is 36.6. The first-order valence-electron chi connectivity index (χ1n) is 23.7. The van der Waals surface area contributed by atoms with Gasteiger partial charge in [0.1, 0.15) is 28.8 Å². The molecule has 1 saturated carbocycles. The number of carbonyl (C=O) groups is 5. The van der Waals surface area contributed by atoms with Gasteiger partial charge in [-0.1, -0.05) is 49.6 Å². The van der Waals surface area contributed by atoms with Crippen LogP contribution in [0.3, 0.4) is 0 Å². The predicted octanol–water partition coefficient (Wildman–Crippen LogP) is 5.67. The first-order chi connectivity index (χ1) is 30.7. The fourth-order valence-electron chi connectivity index (χ4n) is 10.5. The Morgan fingerprint density at radius 3 is 1.63 bits per heavy atom. The highest BCUT2D eigenvalue weighted by atomic mass is 16.4. The summed E-state index contributed by atoms with van der Waals surface area (Å²) < 4.78 is 0. The summed E-state index contributed by atoms with van der Waals surface area (Å²) in [5.74, 6) is -3.02. The lowest BCUT2D eigenvalue weighted by Gasteiger charge is -2.29. The van der Waals surface area contributed by atoms with Crippen molar-refractivity contribution in [3.05, 3.63) is 82.9 Å². The molecule has 5 aliphatic rings. The maximum atomic E-state index is 14.6. The Bertz CT molecular complexity index is 2100. The molecule has 5 fully saturated rings. The highest BCUT2D eigenvalue weighted by molar-refractivity contribution is 6.01. The average Bonchev–Trinajstić information content (AvgIpc) is 4.17. The SMILES string of the molecule is O=C(NCCCc1ccccc1)c1cc(-c2cc(C(=O)N[C@H](C(=O)O)C3CCCCC3)nc(C(=O)N3CCC[C@H]3CN3CCCC3)c2)cc(C(=O)N2CCC[C@H]2CN2CCCC2)n1. The van der Waals surface area contributed by atoms with Gasteiger partial charge in [-0.05, 0) is 150 Å². The summed E-state index contributed by atoms with van der Waals surface area (Å²) in [6.07, 6.45) is 13.8. The van der Waals surface area contributed by atoms with Gasteiger partial charge in [0, 0.05) is 44.8 Å². The first kappa shape index (κ1) is 44.4. The summed E-state index contributed by atoms with van der Waals surface area (Å²) in [4.78, 5) is 87.8. The van der Waals surface area contributed by atoms with Gasteiger partial charge in [0.05, 0.1) is 0 Å². The molecule has 0 spiro atoms. The zero-order chi connectivity index (χ0) is 43.7.